The van der Waals surface area contributed by atoms with E-state index in [0.29, 0.717) is 13.0 Å². The van der Waals surface area contributed by atoms with Gasteiger partial charge in [0.05, 0.1) is 6.61 Å². The van der Waals surface area contributed by atoms with Gasteiger partial charge < -0.3 is 4.74 Å². The normalized spacial score (nSPS) is 29.0. The second-order valence-electron chi connectivity index (χ2n) is 2.75. The van der Waals surface area contributed by atoms with Crippen molar-refractivity contribution >= 4 is 23.5 Å². The van der Waals surface area contributed by atoms with Crippen LogP contribution in [0.2, 0.25) is 0 Å². The van der Waals surface area contributed by atoms with Crippen LogP contribution in [0.3, 0.4) is 0 Å². The van der Waals surface area contributed by atoms with Gasteiger partial charge in [0.25, 0.3) is 0 Å². The van der Waals surface area contributed by atoms with Crippen LogP contribution < -0.4 is 0 Å². The zero-order chi connectivity index (χ0) is 9.14. The summed E-state index contributed by atoms with van der Waals surface area (Å²) < 4.78 is 4.76. The third-order valence-corrected chi connectivity index (χ3v) is 3.01. The van der Waals surface area contributed by atoms with Crippen LogP contribution in [0.5, 0.6) is 0 Å². The third-order valence-electron chi connectivity index (χ3n) is 1.65. The van der Waals surface area contributed by atoms with E-state index in [-0.39, 0.29) is 17.0 Å². The summed E-state index contributed by atoms with van der Waals surface area (Å²) in [6, 6.07) is 0. The lowest BCUT2D eigenvalue weighted by Crippen LogP contribution is -2.24. The predicted molar refractivity (Wildman–Crippen MR) is 47.1 cm³/mol. The summed E-state index contributed by atoms with van der Waals surface area (Å²) in [6.45, 7) is 4.03. The van der Waals surface area contributed by atoms with E-state index < -0.39 is 5.25 Å². The minimum atomic E-state index is -0.556. The largest absolute Gasteiger partial charge is 0.465 e. The molecule has 1 fully saturated rings. The van der Waals surface area contributed by atoms with Crippen molar-refractivity contribution in [3.63, 3.8) is 0 Å². The molecular weight excluding hydrogens is 176 g/mol. The van der Waals surface area contributed by atoms with Gasteiger partial charge in [0.1, 0.15) is 0 Å². The van der Waals surface area contributed by atoms with E-state index in [4.69, 9.17) is 4.74 Å². The second-order valence-corrected chi connectivity index (χ2v) is 4.30. The van der Waals surface area contributed by atoms with E-state index in [2.05, 4.69) is 0 Å². The fourth-order valence-corrected chi connectivity index (χ4v) is 2.30. The van der Waals surface area contributed by atoms with Crippen molar-refractivity contribution in [1.29, 1.82) is 0 Å². The lowest BCUT2D eigenvalue weighted by Gasteiger charge is -2.05. The van der Waals surface area contributed by atoms with E-state index in [1.54, 1.807) is 6.92 Å². The molecule has 0 N–H and O–H groups in total. The molecule has 1 aliphatic rings. The Hall–Kier alpha value is -0.510. The van der Waals surface area contributed by atoms with E-state index in [9.17, 15) is 9.59 Å². The number of thioether (sulfide) groups is 1. The van der Waals surface area contributed by atoms with Gasteiger partial charge in [-0.25, -0.2) is 0 Å². The van der Waals surface area contributed by atoms with Crippen LogP contribution in [-0.4, -0.2) is 28.9 Å². The van der Waals surface area contributed by atoms with Gasteiger partial charge in [-0.15, -0.1) is 11.8 Å². The highest BCUT2D eigenvalue weighted by atomic mass is 32.2. The molecule has 0 aliphatic carbocycles. The number of hydrogen-bond acceptors (Lipinski definition) is 4. The molecule has 0 aromatic carbocycles. The van der Waals surface area contributed by atoms with Crippen LogP contribution in [0.25, 0.3) is 0 Å². The van der Waals surface area contributed by atoms with Gasteiger partial charge in [-0.3, -0.25) is 9.59 Å². The zero-order valence-electron chi connectivity index (χ0n) is 7.20. The summed E-state index contributed by atoms with van der Waals surface area (Å²) in [5, 5.41) is -0.299. The molecule has 1 aliphatic heterocycles. The van der Waals surface area contributed by atoms with Crippen LogP contribution in [0.4, 0.5) is 0 Å². The molecule has 3 nitrogen and oxygen atoms in total. The molecule has 1 rings (SSSR count). The SMILES string of the molecule is CCOC(=O)C1SC(C)CC1=O. The number of rotatable bonds is 2. The smallest absolute Gasteiger partial charge is 0.326 e. The lowest BCUT2D eigenvalue weighted by atomic mass is 10.2. The van der Waals surface area contributed by atoms with Crippen LogP contribution in [0.1, 0.15) is 20.3 Å². The van der Waals surface area contributed by atoms with Gasteiger partial charge in [0, 0.05) is 11.7 Å². The predicted octanol–water partition coefficient (Wildman–Crippen LogP) is 1.01. The molecule has 0 aromatic rings. The Morgan fingerprint density at radius 1 is 1.75 bits per heavy atom. The molecule has 1 saturated heterocycles. The van der Waals surface area contributed by atoms with Crippen molar-refractivity contribution in [3.05, 3.63) is 0 Å². The first-order valence-corrected chi connectivity index (χ1v) is 4.94. The highest BCUT2D eigenvalue weighted by Crippen LogP contribution is 2.31. The molecule has 0 spiro atoms. The minimum Gasteiger partial charge on any atom is -0.465 e. The maximum absolute atomic E-state index is 11.2. The number of ketones is 1. The number of Topliss-reactive ketones (excluding diaryl/α,β-unsaturated/α-hetero) is 1. The number of carbonyl (C=O) groups excluding carboxylic acids is 2. The fraction of sp³-hybridized carbons (Fsp3) is 0.750. The van der Waals surface area contributed by atoms with Crippen molar-refractivity contribution in [2.75, 3.05) is 6.61 Å². The van der Waals surface area contributed by atoms with Gasteiger partial charge >= 0.3 is 5.97 Å². The molecule has 2 atom stereocenters. The maximum atomic E-state index is 11.2. The molecule has 12 heavy (non-hydrogen) atoms. The highest BCUT2D eigenvalue weighted by Gasteiger charge is 2.36. The second kappa shape index (κ2) is 3.94. The number of carbonyl (C=O) groups is 2. The molecule has 4 heteroatoms. The Bertz CT molecular complexity index is 202. The Labute approximate surface area is 75.8 Å². The third kappa shape index (κ3) is 2.00. The van der Waals surface area contributed by atoms with Gasteiger partial charge in [-0.05, 0) is 6.92 Å². The summed E-state index contributed by atoms with van der Waals surface area (Å²) >= 11 is 1.40. The number of hydrogen-bond donors (Lipinski definition) is 0. The first kappa shape index (κ1) is 9.58. The Balaban J connectivity index is 2.52. The molecular formula is C8H12O3S. The zero-order valence-corrected chi connectivity index (χ0v) is 8.02. The first-order valence-electron chi connectivity index (χ1n) is 4.00. The van der Waals surface area contributed by atoms with Crippen molar-refractivity contribution in [1.82, 2.24) is 0 Å². The van der Waals surface area contributed by atoms with E-state index in [1.807, 2.05) is 6.92 Å². The van der Waals surface area contributed by atoms with Crippen LogP contribution in [0.15, 0.2) is 0 Å². The number of ether oxygens (including phenoxy) is 1. The molecule has 1 heterocycles. The summed E-state index contributed by atoms with van der Waals surface area (Å²) in [5.74, 6) is -0.372. The molecule has 2 unspecified atom stereocenters. The summed E-state index contributed by atoms with van der Waals surface area (Å²) in [7, 11) is 0. The monoisotopic (exact) mass is 188 g/mol. The molecule has 0 saturated carbocycles. The van der Waals surface area contributed by atoms with Crippen molar-refractivity contribution in [2.45, 2.75) is 30.8 Å². The maximum Gasteiger partial charge on any atom is 0.326 e. The standard InChI is InChI=1S/C8H12O3S/c1-3-11-8(10)7-6(9)4-5(2)12-7/h5,7H,3-4H2,1-2H3. The quantitative estimate of drug-likeness (QED) is 0.479. The number of esters is 1. The van der Waals surface area contributed by atoms with Gasteiger partial charge in [0.15, 0.2) is 11.0 Å². The Morgan fingerprint density at radius 2 is 2.42 bits per heavy atom. The van der Waals surface area contributed by atoms with Crippen LogP contribution in [0, 0.1) is 0 Å². The van der Waals surface area contributed by atoms with Crippen LogP contribution in [-0.2, 0) is 14.3 Å². The topological polar surface area (TPSA) is 43.4 Å². The Morgan fingerprint density at radius 3 is 2.83 bits per heavy atom. The molecule has 0 aromatic heterocycles. The fourth-order valence-electron chi connectivity index (χ4n) is 1.15. The molecule has 0 bridgehead atoms. The molecule has 0 amide bonds. The van der Waals surface area contributed by atoms with E-state index in [1.165, 1.54) is 11.8 Å². The average Bonchev–Trinajstić information content (AvgIpc) is 2.30. The van der Waals surface area contributed by atoms with Crippen molar-refractivity contribution < 1.29 is 14.3 Å². The average molecular weight is 188 g/mol. The molecule has 68 valence electrons. The molecule has 0 radical (unpaired) electrons. The van der Waals surface area contributed by atoms with E-state index >= 15 is 0 Å². The van der Waals surface area contributed by atoms with Crippen LogP contribution >= 0.6 is 11.8 Å². The first-order chi connectivity index (χ1) is 5.65. The van der Waals surface area contributed by atoms with Crippen molar-refractivity contribution in [2.24, 2.45) is 0 Å². The van der Waals surface area contributed by atoms with E-state index in [0.717, 1.165) is 0 Å². The lowest BCUT2D eigenvalue weighted by molar-refractivity contribution is -0.144. The summed E-state index contributed by atoms with van der Waals surface area (Å²) in [5.41, 5.74) is 0. The van der Waals surface area contributed by atoms with Gasteiger partial charge in [0.2, 0.25) is 0 Å². The van der Waals surface area contributed by atoms with Gasteiger partial charge in [-0.1, -0.05) is 6.92 Å². The highest BCUT2D eigenvalue weighted by molar-refractivity contribution is 8.02. The summed E-state index contributed by atoms with van der Waals surface area (Å²) in [4.78, 5) is 22.3. The summed E-state index contributed by atoms with van der Waals surface area (Å²) in [6.07, 6.45) is 0.494. The van der Waals surface area contributed by atoms with Gasteiger partial charge in [-0.2, -0.15) is 0 Å². The Kier molecular flexibility index (Phi) is 3.14. The minimum absolute atomic E-state index is 0.00551. The van der Waals surface area contributed by atoms with Crippen molar-refractivity contribution in [3.8, 4) is 0 Å².